The zero-order valence-corrected chi connectivity index (χ0v) is 12.6. The van der Waals surface area contributed by atoms with E-state index >= 15 is 0 Å². The Hall–Kier alpha value is -0.0800. The predicted octanol–water partition coefficient (Wildman–Crippen LogP) is 4.24. The highest BCUT2D eigenvalue weighted by Gasteiger charge is 2.11. The molecule has 2 heteroatoms. The van der Waals surface area contributed by atoms with Crippen molar-refractivity contribution in [2.45, 2.75) is 77.7 Å². The normalized spacial score (nSPS) is 18.3. The maximum Gasteiger partial charge on any atom is 0.0575 e. The Morgan fingerprint density at radius 1 is 0.944 bits per heavy atom. The highest BCUT2D eigenvalue weighted by atomic mass is 16.5. The zero-order valence-electron chi connectivity index (χ0n) is 12.6. The van der Waals surface area contributed by atoms with Gasteiger partial charge in [0.2, 0.25) is 0 Å². The molecule has 0 aromatic carbocycles. The number of nitrogens with zero attached hydrogens (tertiary/aromatic N) is 1. The number of hydrogen-bond donors (Lipinski definition) is 0. The standard InChI is InChI=1S/C16H33NO/c1-3-5-6-11-16(10-4-2)18-15-9-14-17-12-7-8-13-17/h16H,3-15H2,1-2H3. The van der Waals surface area contributed by atoms with E-state index in [-0.39, 0.29) is 0 Å². The Balaban J connectivity index is 2.00. The molecule has 108 valence electrons. The second-order valence-corrected chi connectivity index (χ2v) is 5.68. The summed E-state index contributed by atoms with van der Waals surface area (Å²) in [5.74, 6) is 0. The molecule has 1 atom stereocenters. The Morgan fingerprint density at radius 3 is 2.39 bits per heavy atom. The molecule has 0 aromatic rings. The van der Waals surface area contributed by atoms with Crippen LogP contribution < -0.4 is 0 Å². The molecule has 0 amide bonds. The van der Waals surface area contributed by atoms with Gasteiger partial charge >= 0.3 is 0 Å². The number of likely N-dealkylation sites (tertiary alicyclic amines) is 1. The van der Waals surface area contributed by atoms with E-state index in [0.29, 0.717) is 6.10 Å². The van der Waals surface area contributed by atoms with Gasteiger partial charge in [0.05, 0.1) is 6.10 Å². The summed E-state index contributed by atoms with van der Waals surface area (Å²) in [5.41, 5.74) is 0. The summed E-state index contributed by atoms with van der Waals surface area (Å²) in [6.07, 6.45) is 12.3. The molecule has 1 rings (SSSR count). The summed E-state index contributed by atoms with van der Waals surface area (Å²) in [7, 11) is 0. The number of ether oxygens (including phenoxy) is 1. The Labute approximate surface area is 114 Å². The van der Waals surface area contributed by atoms with Crippen LogP contribution in [0.2, 0.25) is 0 Å². The monoisotopic (exact) mass is 255 g/mol. The summed E-state index contributed by atoms with van der Waals surface area (Å²) in [5, 5.41) is 0. The lowest BCUT2D eigenvalue weighted by Crippen LogP contribution is -2.22. The van der Waals surface area contributed by atoms with Gasteiger partial charge in [-0.1, -0.05) is 39.5 Å². The molecule has 1 fully saturated rings. The quantitative estimate of drug-likeness (QED) is 0.512. The molecule has 18 heavy (non-hydrogen) atoms. The van der Waals surface area contributed by atoms with Gasteiger partial charge in [-0.3, -0.25) is 0 Å². The van der Waals surface area contributed by atoms with E-state index in [0.717, 1.165) is 6.61 Å². The lowest BCUT2D eigenvalue weighted by atomic mass is 10.1. The topological polar surface area (TPSA) is 12.5 Å². The highest BCUT2D eigenvalue weighted by molar-refractivity contribution is 4.66. The fraction of sp³-hybridized carbons (Fsp3) is 1.00. The molecule has 0 aliphatic carbocycles. The molecule has 0 N–H and O–H groups in total. The SMILES string of the molecule is CCCCCC(CCC)OCCCN1CCCC1. The maximum atomic E-state index is 6.06. The first kappa shape index (κ1) is 16.0. The predicted molar refractivity (Wildman–Crippen MR) is 79.1 cm³/mol. The minimum absolute atomic E-state index is 0.528. The Morgan fingerprint density at radius 2 is 1.72 bits per heavy atom. The van der Waals surface area contributed by atoms with E-state index in [9.17, 15) is 0 Å². The molecule has 0 spiro atoms. The molecule has 0 radical (unpaired) electrons. The van der Waals surface area contributed by atoms with Crippen LogP contribution in [-0.4, -0.2) is 37.2 Å². The van der Waals surface area contributed by atoms with Gasteiger partial charge in [-0.05, 0) is 45.2 Å². The molecule has 1 heterocycles. The third kappa shape index (κ3) is 7.38. The number of unbranched alkanes of at least 4 members (excludes halogenated alkanes) is 2. The van der Waals surface area contributed by atoms with E-state index in [1.54, 1.807) is 0 Å². The summed E-state index contributed by atoms with van der Waals surface area (Å²) in [6.45, 7) is 9.37. The second kappa shape index (κ2) is 10.8. The van der Waals surface area contributed by atoms with Gasteiger partial charge in [0, 0.05) is 13.2 Å². The third-order valence-electron chi connectivity index (χ3n) is 3.91. The van der Waals surface area contributed by atoms with Crippen molar-refractivity contribution in [2.24, 2.45) is 0 Å². The first-order valence-corrected chi connectivity index (χ1v) is 8.20. The molecule has 0 aromatic heterocycles. The average molecular weight is 255 g/mol. The molecule has 0 bridgehead atoms. The molecule has 1 unspecified atom stereocenters. The highest BCUT2D eigenvalue weighted by Crippen LogP contribution is 2.13. The van der Waals surface area contributed by atoms with Crippen molar-refractivity contribution in [1.29, 1.82) is 0 Å². The van der Waals surface area contributed by atoms with Crippen molar-refractivity contribution in [3.8, 4) is 0 Å². The van der Waals surface area contributed by atoms with E-state index in [4.69, 9.17) is 4.74 Å². The van der Waals surface area contributed by atoms with Crippen LogP contribution in [0.15, 0.2) is 0 Å². The second-order valence-electron chi connectivity index (χ2n) is 5.68. The van der Waals surface area contributed by atoms with E-state index in [1.165, 1.54) is 77.4 Å². The van der Waals surface area contributed by atoms with Crippen molar-refractivity contribution in [1.82, 2.24) is 4.90 Å². The van der Waals surface area contributed by atoms with Crippen LogP contribution in [0.1, 0.15) is 71.6 Å². The van der Waals surface area contributed by atoms with Crippen LogP contribution in [0.5, 0.6) is 0 Å². The smallest absolute Gasteiger partial charge is 0.0575 e. The minimum Gasteiger partial charge on any atom is -0.378 e. The minimum atomic E-state index is 0.528. The van der Waals surface area contributed by atoms with Crippen molar-refractivity contribution < 1.29 is 4.74 Å². The molecular weight excluding hydrogens is 222 g/mol. The Bertz CT molecular complexity index is 178. The lowest BCUT2D eigenvalue weighted by Gasteiger charge is -2.19. The van der Waals surface area contributed by atoms with Crippen LogP contribution in [0.25, 0.3) is 0 Å². The fourth-order valence-electron chi connectivity index (χ4n) is 2.80. The van der Waals surface area contributed by atoms with Gasteiger partial charge in [0.1, 0.15) is 0 Å². The largest absolute Gasteiger partial charge is 0.378 e. The first-order valence-electron chi connectivity index (χ1n) is 8.20. The van der Waals surface area contributed by atoms with Crippen LogP contribution in [0.4, 0.5) is 0 Å². The van der Waals surface area contributed by atoms with Crippen molar-refractivity contribution in [3.05, 3.63) is 0 Å². The summed E-state index contributed by atoms with van der Waals surface area (Å²) >= 11 is 0. The van der Waals surface area contributed by atoms with Gasteiger partial charge in [0.15, 0.2) is 0 Å². The van der Waals surface area contributed by atoms with Gasteiger partial charge in [-0.2, -0.15) is 0 Å². The van der Waals surface area contributed by atoms with Gasteiger partial charge in [-0.25, -0.2) is 0 Å². The van der Waals surface area contributed by atoms with E-state index < -0.39 is 0 Å². The van der Waals surface area contributed by atoms with Crippen LogP contribution >= 0.6 is 0 Å². The number of hydrogen-bond acceptors (Lipinski definition) is 2. The van der Waals surface area contributed by atoms with Crippen LogP contribution in [-0.2, 0) is 4.74 Å². The molecular formula is C16H33NO. The van der Waals surface area contributed by atoms with Crippen LogP contribution in [0.3, 0.4) is 0 Å². The summed E-state index contributed by atoms with van der Waals surface area (Å²) in [6, 6.07) is 0. The molecule has 1 saturated heterocycles. The molecule has 0 saturated carbocycles. The maximum absolute atomic E-state index is 6.06. The van der Waals surface area contributed by atoms with E-state index in [2.05, 4.69) is 18.7 Å². The first-order chi connectivity index (χ1) is 8.86. The lowest BCUT2D eigenvalue weighted by molar-refractivity contribution is 0.0347. The van der Waals surface area contributed by atoms with Gasteiger partial charge in [0.25, 0.3) is 0 Å². The van der Waals surface area contributed by atoms with E-state index in [1.807, 2.05) is 0 Å². The Kier molecular flexibility index (Phi) is 9.59. The average Bonchev–Trinajstić information content (AvgIpc) is 2.88. The molecule has 2 nitrogen and oxygen atoms in total. The van der Waals surface area contributed by atoms with Gasteiger partial charge < -0.3 is 9.64 Å². The molecule has 1 aliphatic heterocycles. The van der Waals surface area contributed by atoms with Gasteiger partial charge in [-0.15, -0.1) is 0 Å². The van der Waals surface area contributed by atoms with Crippen LogP contribution in [0, 0.1) is 0 Å². The fourth-order valence-corrected chi connectivity index (χ4v) is 2.80. The number of rotatable bonds is 11. The summed E-state index contributed by atoms with van der Waals surface area (Å²) < 4.78 is 6.06. The molecule has 1 aliphatic rings. The third-order valence-corrected chi connectivity index (χ3v) is 3.91. The van der Waals surface area contributed by atoms with Crippen molar-refractivity contribution in [2.75, 3.05) is 26.2 Å². The van der Waals surface area contributed by atoms with Crippen molar-refractivity contribution >= 4 is 0 Å². The summed E-state index contributed by atoms with van der Waals surface area (Å²) in [4.78, 5) is 2.58. The zero-order chi connectivity index (χ0) is 13.1. The van der Waals surface area contributed by atoms with Crippen molar-refractivity contribution in [3.63, 3.8) is 0 Å².